The van der Waals surface area contributed by atoms with Crippen LogP contribution in [0.3, 0.4) is 0 Å². The van der Waals surface area contributed by atoms with E-state index in [9.17, 15) is 9.18 Å². The second kappa shape index (κ2) is 5.44. The Hall–Kier alpha value is -2.96. The summed E-state index contributed by atoms with van der Waals surface area (Å²) in [6.07, 6.45) is 1.60. The van der Waals surface area contributed by atoms with Crippen LogP contribution in [0.1, 0.15) is 5.69 Å². The van der Waals surface area contributed by atoms with Gasteiger partial charge in [-0.25, -0.2) is 18.3 Å². The van der Waals surface area contributed by atoms with E-state index in [0.717, 1.165) is 0 Å². The quantitative estimate of drug-likeness (QED) is 0.751. The van der Waals surface area contributed by atoms with E-state index in [4.69, 9.17) is 0 Å². The maximum absolute atomic E-state index is 12.9. The van der Waals surface area contributed by atoms with E-state index in [2.05, 4.69) is 22.0 Å². The molecule has 0 aliphatic carbocycles. The zero-order chi connectivity index (χ0) is 15.7. The minimum absolute atomic E-state index is 0.256. The molecule has 1 aromatic carbocycles. The first-order valence-corrected chi connectivity index (χ1v) is 6.69. The van der Waals surface area contributed by atoms with Crippen molar-refractivity contribution in [2.24, 2.45) is 0 Å². The first kappa shape index (κ1) is 14.0. The average molecular weight is 299 g/mol. The highest BCUT2D eigenvalue weighted by Gasteiger charge is 2.11. The van der Waals surface area contributed by atoms with E-state index in [1.54, 1.807) is 31.2 Å². The van der Waals surface area contributed by atoms with Gasteiger partial charge in [0.1, 0.15) is 11.6 Å². The third-order valence-electron chi connectivity index (χ3n) is 3.16. The van der Waals surface area contributed by atoms with Crippen LogP contribution in [0, 0.1) is 12.7 Å². The molecule has 0 fully saturated rings. The molecule has 112 valence electrons. The number of aryl methyl sites for hydroxylation is 1. The molecule has 0 radical (unpaired) electrons. The molecule has 0 saturated carbocycles. The summed E-state index contributed by atoms with van der Waals surface area (Å²) in [5.74, 6) is 0.531. The van der Waals surface area contributed by atoms with E-state index in [1.165, 1.54) is 21.2 Å². The molecule has 0 bridgehead atoms. The Balaban J connectivity index is 2.03. The number of fused-ring (bicyclic) bond motifs is 1. The second-order valence-corrected chi connectivity index (χ2v) is 4.80. The lowest BCUT2D eigenvalue weighted by molar-refractivity contribution is 0.628. The minimum atomic E-state index is -0.306. The Morgan fingerprint density at radius 1 is 1.36 bits per heavy atom. The molecule has 2 aromatic heterocycles. The average Bonchev–Trinajstić information content (AvgIpc) is 2.79. The van der Waals surface area contributed by atoms with Crippen molar-refractivity contribution in [2.75, 3.05) is 5.32 Å². The van der Waals surface area contributed by atoms with Crippen LogP contribution in [0.2, 0.25) is 0 Å². The molecule has 0 unspecified atom stereocenters. The topological polar surface area (TPSA) is 64.2 Å². The van der Waals surface area contributed by atoms with Gasteiger partial charge in [0.05, 0.1) is 6.54 Å². The fraction of sp³-hybridized carbons (Fsp3) is 0.133. The van der Waals surface area contributed by atoms with Crippen LogP contribution in [0.25, 0.3) is 5.78 Å². The molecule has 7 heteroatoms. The summed E-state index contributed by atoms with van der Waals surface area (Å²) >= 11 is 0. The number of hydrogen-bond acceptors (Lipinski definition) is 4. The van der Waals surface area contributed by atoms with E-state index < -0.39 is 0 Å². The Labute approximate surface area is 125 Å². The van der Waals surface area contributed by atoms with Crippen LogP contribution in [0.5, 0.6) is 0 Å². The molecule has 0 aliphatic heterocycles. The van der Waals surface area contributed by atoms with Gasteiger partial charge in [-0.1, -0.05) is 6.08 Å². The Morgan fingerprint density at radius 3 is 2.77 bits per heavy atom. The van der Waals surface area contributed by atoms with E-state index in [1.807, 2.05) is 0 Å². The molecule has 3 aromatic rings. The fourth-order valence-corrected chi connectivity index (χ4v) is 2.17. The van der Waals surface area contributed by atoms with Gasteiger partial charge in [0.25, 0.3) is 5.78 Å². The number of aromatic nitrogens is 4. The maximum atomic E-state index is 12.9. The van der Waals surface area contributed by atoms with Gasteiger partial charge in [0, 0.05) is 17.4 Å². The van der Waals surface area contributed by atoms with Gasteiger partial charge in [-0.2, -0.15) is 4.98 Å². The predicted octanol–water partition coefficient (Wildman–Crippen LogP) is 2.27. The number of halogens is 1. The van der Waals surface area contributed by atoms with Crippen molar-refractivity contribution < 1.29 is 4.39 Å². The highest BCUT2D eigenvalue weighted by atomic mass is 19.1. The number of anilines is 2. The molecule has 0 amide bonds. The standard InChI is InChI=1S/C15H14FN5O/c1-3-8-20-15(22)21-10(2)9-13(18-14(21)19-20)17-12-6-4-11(16)5-7-12/h3-7,9H,1,8H2,2H3,(H,17,18,19). The van der Waals surface area contributed by atoms with Gasteiger partial charge >= 0.3 is 5.69 Å². The lowest BCUT2D eigenvalue weighted by Crippen LogP contribution is -2.21. The molecule has 0 spiro atoms. The monoisotopic (exact) mass is 299 g/mol. The molecular weight excluding hydrogens is 285 g/mol. The van der Waals surface area contributed by atoms with Gasteiger partial charge in [0.2, 0.25) is 0 Å². The lowest BCUT2D eigenvalue weighted by Gasteiger charge is -2.06. The van der Waals surface area contributed by atoms with Crippen LogP contribution in [-0.4, -0.2) is 19.2 Å². The summed E-state index contributed by atoms with van der Waals surface area (Å²) in [7, 11) is 0. The smallest absolute Gasteiger partial charge is 0.340 e. The van der Waals surface area contributed by atoms with E-state index in [-0.39, 0.29) is 11.5 Å². The van der Waals surface area contributed by atoms with Gasteiger partial charge in [-0.15, -0.1) is 11.7 Å². The molecule has 6 nitrogen and oxygen atoms in total. The Bertz CT molecular complexity index is 895. The Kier molecular flexibility index (Phi) is 3.46. The van der Waals surface area contributed by atoms with Crippen molar-refractivity contribution in [3.8, 4) is 0 Å². The van der Waals surface area contributed by atoms with Crippen molar-refractivity contribution in [3.05, 3.63) is 65.0 Å². The number of allylic oxidation sites excluding steroid dienone is 1. The number of nitrogens with one attached hydrogen (secondary N) is 1. The largest absolute Gasteiger partial charge is 0.352 e. The van der Waals surface area contributed by atoms with E-state index >= 15 is 0 Å². The first-order valence-electron chi connectivity index (χ1n) is 6.69. The molecule has 0 atom stereocenters. The van der Waals surface area contributed by atoms with Gasteiger partial charge in [-0.05, 0) is 31.2 Å². The zero-order valence-corrected chi connectivity index (χ0v) is 12.0. The summed E-state index contributed by atoms with van der Waals surface area (Å²) in [5, 5.41) is 7.23. The summed E-state index contributed by atoms with van der Waals surface area (Å²) in [6.45, 7) is 5.72. The SMILES string of the molecule is C=CCn1nc2nc(Nc3ccc(F)cc3)cc(C)n2c1=O. The number of nitrogens with zero attached hydrogens (tertiary/aromatic N) is 4. The molecule has 22 heavy (non-hydrogen) atoms. The van der Waals surface area contributed by atoms with Crippen molar-refractivity contribution in [3.63, 3.8) is 0 Å². The normalized spacial score (nSPS) is 10.8. The summed E-state index contributed by atoms with van der Waals surface area (Å²) in [4.78, 5) is 16.5. The molecule has 1 N–H and O–H groups in total. The van der Waals surface area contributed by atoms with Crippen LogP contribution in [-0.2, 0) is 6.54 Å². The predicted molar refractivity (Wildman–Crippen MR) is 81.9 cm³/mol. The van der Waals surface area contributed by atoms with Crippen LogP contribution < -0.4 is 11.0 Å². The highest BCUT2D eigenvalue weighted by Crippen LogP contribution is 2.16. The number of rotatable bonds is 4. The van der Waals surface area contributed by atoms with Gasteiger partial charge < -0.3 is 5.32 Å². The highest BCUT2D eigenvalue weighted by molar-refractivity contribution is 5.57. The zero-order valence-electron chi connectivity index (χ0n) is 12.0. The minimum Gasteiger partial charge on any atom is -0.340 e. The van der Waals surface area contributed by atoms with Crippen molar-refractivity contribution >= 4 is 17.3 Å². The van der Waals surface area contributed by atoms with Crippen LogP contribution in [0.15, 0.2) is 47.8 Å². The second-order valence-electron chi connectivity index (χ2n) is 4.80. The molecule has 0 saturated heterocycles. The van der Waals surface area contributed by atoms with Crippen LogP contribution >= 0.6 is 0 Å². The summed E-state index contributed by atoms with van der Waals surface area (Å²) < 4.78 is 15.6. The Morgan fingerprint density at radius 2 is 2.09 bits per heavy atom. The molecular formula is C15H14FN5O. The van der Waals surface area contributed by atoms with Crippen molar-refractivity contribution in [1.29, 1.82) is 0 Å². The maximum Gasteiger partial charge on any atom is 0.352 e. The number of benzene rings is 1. The van der Waals surface area contributed by atoms with Crippen molar-refractivity contribution in [2.45, 2.75) is 13.5 Å². The fourth-order valence-electron chi connectivity index (χ4n) is 2.17. The number of hydrogen-bond donors (Lipinski definition) is 1. The molecule has 3 rings (SSSR count). The van der Waals surface area contributed by atoms with Gasteiger partial charge in [-0.3, -0.25) is 0 Å². The van der Waals surface area contributed by atoms with Crippen LogP contribution in [0.4, 0.5) is 15.9 Å². The van der Waals surface area contributed by atoms with Crippen molar-refractivity contribution in [1.82, 2.24) is 19.2 Å². The lowest BCUT2D eigenvalue weighted by atomic mass is 10.3. The summed E-state index contributed by atoms with van der Waals surface area (Å²) in [6, 6.07) is 7.67. The molecule has 2 heterocycles. The van der Waals surface area contributed by atoms with Gasteiger partial charge in [0.15, 0.2) is 0 Å². The third-order valence-corrected chi connectivity index (χ3v) is 3.16. The summed E-state index contributed by atoms with van der Waals surface area (Å²) in [5.41, 5.74) is 1.15. The third kappa shape index (κ3) is 2.48. The van der Waals surface area contributed by atoms with E-state index in [0.29, 0.717) is 29.5 Å². The molecule has 0 aliphatic rings. The first-order chi connectivity index (χ1) is 10.6.